The van der Waals surface area contributed by atoms with Crippen LogP contribution in [0.1, 0.15) is 46.0 Å². The second-order valence-electron chi connectivity index (χ2n) is 6.99. The largest absolute Gasteiger partial charge is 0.484 e. The predicted octanol–water partition coefficient (Wildman–Crippen LogP) is 2.22. The minimum atomic E-state index is -3.51. The Hall–Kier alpha value is -1.64. The van der Waals surface area contributed by atoms with Crippen molar-refractivity contribution >= 4 is 15.9 Å². The van der Waals surface area contributed by atoms with E-state index >= 15 is 0 Å². The molecule has 1 amide bonds. The third kappa shape index (κ3) is 7.86. The van der Waals surface area contributed by atoms with Crippen LogP contribution in [0.2, 0.25) is 0 Å². The van der Waals surface area contributed by atoms with E-state index in [4.69, 9.17) is 9.47 Å². The summed E-state index contributed by atoms with van der Waals surface area (Å²) in [5, 5.41) is 2.75. The summed E-state index contributed by atoms with van der Waals surface area (Å²) >= 11 is 0. The van der Waals surface area contributed by atoms with Crippen LogP contribution in [0, 0.1) is 0 Å². The molecule has 2 rings (SSSR count). The smallest absolute Gasteiger partial charge is 0.257 e. The molecular weight excluding hydrogens is 368 g/mol. The lowest BCUT2D eigenvalue weighted by Gasteiger charge is -2.13. The van der Waals surface area contributed by atoms with Crippen molar-refractivity contribution in [2.75, 3.05) is 19.8 Å². The van der Waals surface area contributed by atoms with E-state index in [0.29, 0.717) is 18.9 Å². The molecule has 152 valence electrons. The zero-order chi connectivity index (χ0) is 19.7. The third-order valence-corrected chi connectivity index (χ3v) is 5.81. The summed E-state index contributed by atoms with van der Waals surface area (Å²) in [4.78, 5) is 12.0. The van der Waals surface area contributed by atoms with Gasteiger partial charge < -0.3 is 14.8 Å². The van der Waals surface area contributed by atoms with Crippen molar-refractivity contribution < 1.29 is 22.7 Å². The Morgan fingerprint density at radius 1 is 1.19 bits per heavy atom. The van der Waals surface area contributed by atoms with Gasteiger partial charge in [0.05, 0.1) is 11.0 Å². The Kier molecular flexibility index (Phi) is 8.53. The lowest BCUT2D eigenvalue weighted by atomic mass is 10.3. The van der Waals surface area contributed by atoms with Crippen molar-refractivity contribution in [3.8, 4) is 5.75 Å². The standard InChI is InChI=1S/C19H30N2O5S/c1-15(2)25-13-5-12-20-19(22)14-26-17-8-10-18(11-9-17)27(23,24)21-16-6-3-4-7-16/h8-11,15-16,21H,3-7,12-14H2,1-2H3,(H,20,22). The van der Waals surface area contributed by atoms with Gasteiger partial charge in [0.25, 0.3) is 5.91 Å². The van der Waals surface area contributed by atoms with Crippen LogP contribution < -0.4 is 14.8 Å². The highest BCUT2D eigenvalue weighted by Crippen LogP contribution is 2.21. The lowest BCUT2D eigenvalue weighted by molar-refractivity contribution is -0.123. The van der Waals surface area contributed by atoms with Crippen molar-refractivity contribution in [3.63, 3.8) is 0 Å². The molecule has 1 saturated carbocycles. The van der Waals surface area contributed by atoms with Crippen LogP contribution in [0.3, 0.4) is 0 Å². The average molecular weight is 399 g/mol. The van der Waals surface area contributed by atoms with E-state index in [1.165, 1.54) is 12.1 Å². The molecule has 1 aromatic rings. The normalized spacial score (nSPS) is 15.2. The molecule has 1 fully saturated rings. The molecule has 0 bridgehead atoms. The first kappa shape index (κ1) is 21.7. The Morgan fingerprint density at radius 2 is 1.85 bits per heavy atom. The number of carbonyl (C=O) groups excluding carboxylic acids is 1. The Bertz CT molecular complexity index is 683. The van der Waals surface area contributed by atoms with Crippen molar-refractivity contribution in [1.82, 2.24) is 10.0 Å². The van der Waals surface area contributed by atoms with E-state index in [2.05, 4.69) is 10.0 Å². The van der Waals surface area contributed by atoms with Gasteiger partial charge in [-0.15, -0.1) is 0 Å². The van der Waals surface area contributed by atoms with Gasteiger partial charge in [-0.2, -0.15) is 0 Å². The number of ether oxygens (including phenoxy) is 2. The SMILES string of the molecule is CC(C)OCCCNC(=O)COc1ccc(S(=O)(=O)NC2CCCC2)cc1. The van der Waals surface area contributed by atoms with E-state index in [1.54, 1.807) is 12.1 Å². The number of hydrogen-bond donors (Lipinski definition) is 2. The predicted molar refractivity (Wildman–Crippen MR) is 103 cm³/mol. The number of amides is 1. The fraction of sp³-hybridized carbons (Fsp3) is 0.632. The zero-order valence-electron chi connectivity index (χ0n) is 16.1. The van der Waals surface area contributed by atoms with Gasteiger partial charge in [-0.1, -0.05) is 12.8 Å². The van der Waals surface area contributed by atoms with Crippen molar-refractivity contribution in [1.29, 1.82) is 0 Å². The molecule has 0 spiro atoms. The second kappa shape index (κ2) is 10.6. The molecule has 1 aliphatic rings. The maximum Gasteiger partial charge on any atom is 0.257 e. The summed E-state index contributed by atoms with van der Waals surface area (Å²) in [5.41, 5.74) is 0. The summed E-state index contributed by atoms with van der Waals surface area (Å²) in [7, 11) is -3.51. The van der Waals surface area contributed by atoms with E-state index in [0.717, 1.165) is 32.1 Å². The summed E-state index contributed by atoms with van der Waals surface area (Å²) in [6.45, 7) is 4.95. The van der Waals surface area contributed by atoms with Crippen LogP contribution in [0.25, 0.3) is 0 Å². The highest BCUT2D eigenvalue weighted by Gasteiger charge is 2.22. The second-order valence-corrected chi connectivity index (χ2v) is 8.70. The zero-order valence-corrected chi connectivity index (χ0v) is 16.9. The number of sulfonamides is 1. The minimum absolute atomic E-state index is 0.0283. The maximum absolute atomic E-state index is 12.4. The molecule has 0 unspecified atom stereocenters. The first-order valence-electron chi connectivity index (χ1n) is 9.50. The molecule has 0 aromatic heterocycles. The minimum Gasteiger partial charge on any atom is -0.484 e. The molecule has 0 radical (unpaired) electrons. The van der Waals surface area contributed by atoms with Crippen molar-refractivity contribution in [2.45, 2.75) is 63.0 Å². The number of nitrogens with one attached hydrogen (secondary N) is 2. The molecule has 27 heavy (non-hydrogen) atoms. The molecule has 0 atom stereocenters. The van der Waals surface area contributed by atoms with Gasteiger partial charge in [0.15, 0.2) is 6.61 Å². The van der Waals surface area contributed by atoms with Gasteiger partial charge in [-0.05, 0) is 57.4 Å². The van der Waals surface area contributed by atoms with Crippen LogP contribution in [0.4, 0.5) is 0 Å². The number of carbonyl (C=O) groups is 1. The number of hydrogen-bond acceptors (Lipinski definition) is 5. The first-order chi connectivity index (χ1) is 12.9. The highest BCUT2D eigenvalue weighted by atomic mass is 32.2. The fourth-order valence-corrected chi connectivity index (χ4v) is 4.17. The van der Waals surface area contributed by atoms with Crippen LogP contribution >= 0.6 is 0 Å². The molecule has 1 aromatic carbocycles. The van der Waals surface area contributed by atoms with Crippen LogP contribution in [0.5, 0.6) is 5.75 Å². The molecule has 7 nitrogen and oxygen atoms in total. The van der Waals surface area contributed by atoms with E-state index in [-0.39, 0.29) is 29.6 Å². The van der Waals surface area contributed by atoms with Crippen molar-refractivity contribution in [2.24, 2.45) is 0 Å². The van der Waals surface area contributed by atoms with E-state index in [9.17, 15) is 13.2 Å². The maximum atomic E-state index is 12.4. The topological polar surface area (TPSA) is 93.7 Å². The highest BCUT2D eigenvalue weighted by molar-refractivity contribution is 7.89. The van der Waals surface area contributed by atoms with Crippen LogP contribution in [0.15, 0.2) is 29.2 Å². The van der Waals surface area contributed by atoms with Crippen molar-refractivity contribution in [3.05, 3.63) is 24.3 Å². The summed E-state index contributed by atoms with van der Waals surface area (Å²) in [6.07, 6.45) is 4.83. The average Bonchev–Trinajstić information content (AvgIpc) is 3.12. The molecule has 0 saturated heterocycles. The fourth-order valence-electron chi connectivity index (χ4n) is 2.87. The molecule has 0 heterocycles. The van der Waals surface area contributed by atoms with Crippen LogP contribution in [-0.2, 0) is 19.6 Å². The van der Waals surface area contributed by atoms with E-state index in [1.807, 2.05) is 13.8 Å². The van der Waals surface area contributed by atoms with Gasteiger partial charge in [0.1, 0.15) is 5.75 Å². The molecular formula is C19H30N2O5S. The molecule has 2 N–H and O–H groups in total. The Morgan fingerprint density at radius 3 is 2.48 bits per heavy atom. The Balaban J connectivity index is 1.72. The summed E-state index contributed by atoms with van der Waals surface area (Å²) in [5.74, 6) is 0.229. The van der Waals surface area contributed by atoms with E-state index < -0.39 is 10.0 Å². The van der Waals surface area contributed by atoms with Gasteiger partial charge in [-0.25, -0.2) is 13.1 Å². The molecule has 8 heteroatoms. The third-order valence-electron chi connectivity index (χ3n) is 4.28. The van der Waals surface area contributed by atoms with Gasteiger partial charge >= 0.3 is 0 Å². The quantitative estimate of drug-likeness (QED) is 0.558. The number of benzene rings is 1. The van der Waals surface area contributed by atoms with Gasteiger partial charge in [0.2, 0.25) is 10.0 Å². The molecule has 1 aliphatic carbocycles. The first-order valence-corrected chi connectivity index (χ1v) is 11.0. The lowest BCUT2D eigenvalue weighted by Crippen LogP contribution is -2.32. The van der Waals surface area contributed by atoms with Gasteiger partial charge in [-0.3, -0.25) is 4.79 Å². The van der Waals surface area contributed by atoms with Gasteiger partial charge in [0, 0.05) is 19.2 Å². The molecule has 0 aliphatic heterocycles. The monoisotopic (exact) mass is 398 g/mol. The van der Waals surface area contributed by atoms with Crippen LogP contribution in [-0.4, -0.2) is 46.2 Å². The summed E-state index contributed by atoms with van der Waals surface area (Å²) in [6, 6.07) is 6.14. The summed E-state index contributed by atoms with van der Waals surface area (Å²) < 4.78 is 38.2. The Labute approximate surface area is 161 Å². The number of rotatable bonds is 11.